The van der Waals surface area contributed by atoms with Gasteiger partial charge in [0.15, 0.2) is 11.5 Å². The first-order valence-corrected chi connectivity index (χ1v) is 10.9. The van der Waals surface area contributed by atoms with E-state index in [2.05, 4.69) is 33.0 Å². The van der Waals surface area contributed by atoms with Crippen molar-refractivity contribution in [3.63, 3.8) is 0 Å². The van der Waals surface area contributed by atoms with Crippen LogP contribution in [0.5, 0.6) is 17.2 Å². The highest BCUT2D eigenvalue weighted by molar-refractivity contribution is 5.85. The summed E-state index contributed by atoms with van der Waals surface area (Å²) in [6.45, 7) is 4.95. The van der Waals surface area contributed by atoms with E-state index in [9.17, 15) is 0 Å². The van der Waals surface area contributed by atoms with Crippen LogP contribution in [0.4, 0.5) is 5.95 Å². The van der Waals surface area contributed by atoms with Crippen molar-refractivity contribution in [2.45, 2.75) is 32.4 Å². The highest BCUT2D eigenvalue weighted by Gasteiger charge is 2.16. The average Bonchev–Trinajstić information content (AvgIpc) is 3.18. The third kappa shape index (κ3) is 6.16. The molecule has 1 aromatic heterocycles. The van der Waals surface area contributed by atoms with Gasteiger partial charge in [0.2, 0.25) is 11.7 Å². The van der Waals surface area contributed by atoms with Gasteiger partial charge in [-0.15, -0.1) is 24.8 Å². The topological polar surface area (TPSA) is 60.8 Å². The summed E-state index contributed by atoms with van der Waals surface area (Å²) < 4.78 is 18.7. The Balaban J connectivity index is 0.00000193. The minimum atomic E-state index is 0. The Morgan fingerprint density at radius 1 is 0.879 bits per heavy atom. The van der Waals surface area contributed by atoms with Crippen LogP contribution in [0.2, 0.25) is 0 Å². The molecule has 7 nitrogen and oxygen atoms in total. The molecule has 1 N–H and O–H groups in total. The highest BCUT2D eigenvalue weighted by Crippen LogP contribution is 2.38. The molecule has 2 heterocycles. The molecule has 33 heavy (non-hydrogen) atoms. The molecule has 0 saturated carbocycles. The number of aromatic nitrogens is 2. The van der Waals surface area contributed by atoms with Gasteiger partial charge in [0, 0.05) is 19.6 Å². The maximum Gasteiger partial charge on any atom is 0.204 e. The second kappa shape index (κ2) is 12.8. The van der Waals surface area contributed by atoms with Gasteiger partial charge in [-0.25, -0.2) is 4.98 Å². The van der Waals surface area contributed by atoms with Crippen LogP contribution in [-0.2, 0) is 13.1 Å². The lowest BCUT2D eigenvalue weighted by molar-refractivity contribution is 0.222. The van der Waals surface area contributed by atoms with Gasteiger partial charge in [-0.1, -0.05) is 18.6 Å². The predicted molar refractivity (Wildman–Crippen MR) is 138 cm³/mol. The summed E-state index contributed by atoms with van der Waals surface area (Å²) in [5, 5.41) is 3.53. The Morgan fingerprint density at radius 3 is 2.18 bits per heavy atom. The predicted octanol–water partition coefficient (Wildman–Crippen LogP) is 5.00. The standard InChI is InChI=1S/C24H32N4O3.2ClH/c1-29-21-15-18(16-22(30-2)23(21)31-3)17-25-24-26-19-9-5-6-10-20(19)28(24)14-13-27-11-7-4-8-12-27;;/h5-6,9-10,15-16H,4,7-8,11-14,17H2,1-3H3,(H,25,26);2*1H. The van der Waals surface area contributed by atoms with Crippen molar-refractivity contribution >= 4 is 41.8 Å². The number of piperidine rings is 1. The summed E-state index contributed by atoms with van der Waals surface area (Å²) in [5.74, 6) is 2.78. The van der Waals surface area contributed by atoms with Crippen LogP contribution in [0.1, 0.15) is 24.8 Å². The van der Waals surface area contributed by atoms with Crippen molar-refractivity contribution in [3.8, 4) is 17.2 Å². The molecular formula is C24H34Cl2N4O3. The summed E-state index contributed by atoms with van der Waals surface area (Å²) in [6.07, 6.45) is 3.96. The van der Waals surface area contributed by atoms with E-state index in [1.165, 1.54) is 32.4 Å². The normalized spacial score (nSPS) is 13.7. The van der Waals surface area contributed by atoms with E-state index in [-0.39, 0.29) is 24.8 Å². The van der Waals surface area contributed by atoms with Crippen molar-refractivity contribution in [2.75, 3.05) is 46.3 Å². The number of methoxy groups -OCH3 is 3. The Kier molecular flexibility index (Phi) is 10.4. The van der Waals surface area contributed by atoms with Gasteiger partial charge in [0.1, 0.15) is 0 Å². The molecular weight excluding hydrogens is 463 g/mol. The maximum atomic E-state index is 5.49. The van der Waals surface area contributed by atoms with Gasteiger partial charge in [-0.05, 0) is 55.8 Å². The molecule has 1 fully saturated rings. The Bertz CT molecular complexity index is 997. The molecule has 0 radical (unpaired) electrons. The van der Waals surface area contributed by atoms with E-state index < -0.39 is 0 Å². The van der Waals surface area contributed by atoms with Gasteiger partial charge >= 0.3 is 0 Å². The highest BCUT2D eigenvalue weighted by atomic mass is 35.5. The van der Waals surface area contributed by atoms with E-state index in [1.807, 2.05) is 18.2 Å². The number of rotatable bonds is 9. The number of imidazole rings is 1. The first-order valence-electron chi connectivity index (χ1n) is 10.9. The van der Waals surface area contributed by atoms with Crippen LogP contribution >= 0.6 is 24.8 Å². The number of nitrogens with one attached hydrogen (secondary N) is 1. The molecule has 9 heteroatoms. The maximum absolute atomic E-state index is 5.49. The first kappa shape index (κ1) is 26.9. The van der Waals surface area contributed by atoms with E-state index in [0.29, 0.717) is 23.8 Å². The largest absolute Gasteiger partial charge is 0.493 e. The number of benzene rings is 2. The van der Waals surface area contributed by atoms with E-state index >= 15 is 0 Å². The molecule has 4 rings (SSSR count). The Morgan fingerprint density at radius 2 is 1.55 bits per heavy atom. The zero-order chi connectivity index (χ0) is 21.6. The Labute approximate surface area is 208 Å². The lowest BCUT2D eigenvalue weighted by atomic mass is 10.1. The molecule has 1 aliphatic heterocycles. The van der Waals surface area contributed by atoms with Crippen molar-refractivity contribution in [1.29, 1.82) is 0 Å². The summed E-state index contributed by atoms with van der Waals surface area (Å²) >= 11 is 0. The van der Waals surface area contributed by atoms with Crippen LogP contribution < -0.4 is 19.5 Å². The molecule has 1 saturated heterocycles. The molecule has 0 bridgehead atoms. The molecule has 2 aromatic carbocycles. The second-order valence-electron chi connectivity index (χ2n) is 7.87. The third-order valence-electron chi connectivity index (χ3n) is 5.92. The molecule has 0 spiro atoms. The zero-order valence-electron chi connectivity index (χ0n) is 19.5. The van der Waals surface area contributed by atoms with Gasteiger partial charge in [-0.3, -0.25) is 0 Å². The number of ether oxygens (including phenoxy) is 3. The van der Waals surface area contributed by atoms with Gasteiger partial charge in [-0.2, -0.15) is 0 Å². The monoisotopic (exact) mass is 496 g/mol. The molecule has 0 amide bonds. The smallest absolute Gasteiger partial charge is 0.204 e. The minimum absolute atomic E-state index is 0. The number of para-hydroxylation sites is 2. The molecule has 3 aromatic rings. The van der Waals surface area contributed by atoms with E-state index in [0.717, 1.165) is 35.6 Å². The quantitative estimate of drug-likeness (QED) is 0.449. The summed E-state index contributed by atoms with van der Waals surface area (Å²) in [5.41, 5.74) is 3.20. The second-order valence-corrected chi connectivity index (χ2v) is 7.87. The van der Waals surface area contributed by atoms with Gasteiger partial charge in [0.05, 0.1) is 32.4 Å². The van der Waals surface area contributed by atoms with Crippen molar-refractivity contribution in [1.82, 2.24) is 14.5 Å². The molecule has 0 atom stereocenters. The lowest BCUT2D eigenvalue weighted by Gasteiger charge is -2.26. The third-order valence-corrected chi connectivity index (χ3v) is 5.92. The van der Waals surface area contributed by atoms with Crippen molar-refractivity contribution in [3.05, 3.63) is 42.0 Å². The summed E-state index contributed by atoms with van der Waals surface area (Å²) in [6, 6.07) is 12.3. The van der Waals surface area contributed by atoms with Crippen LogP contribution in [0.25, 0.3) is 11.0 Å². The first-order chi connectivity index (χ1) is 15.2. The minimum Gasteiger partial charge on any atom is -0.493 e. The van der Waals surface area contributed by atoms with Gasteiger partial charge < -0.3 is 29.0 Å². The number of hydrogen-bond acceptors (Lipinski definition) is 6. The van der Waals surface area contributed by atoms with Crippen molar-refractivity contribution in [2.24, 2.45) is 0 Å². The lowest BCUT2D eigenvalue weighted by Crippen LogP contribution is -2.32. The number of nitrogens with zero attached hydrogens (tertiary/aromatic N) is 3. The fraction of sp³-hybridized carbons (Fsp3) is 0.458. The Hall–Kier alpha value is -2.35. The summed E-state index contributed by atoms with van der Waals surface area (Å²) in [4.78, 5) is 7.41. The SMILES string of the molecule is COc1cc(CNc2nc3ccccc3n2CCN2CCCCC2)cc(OC)c1OC.Cl.Cl. The summed E-state index contributed by atoms with van der Waals surface area (Å²) in [7, 11) is 4.88. The average molecular weight is 497 g/mol. The fourth-order valence-electron chi connectivity index (χ4n) is 4.28. The number of fused-ring (bicyclic) bond motifs is 1. The molecule has 1 aliphatic rings. The van der Waals surface area contributed by atoms with E-state index in [4.69, 9.17) is 19.2 Å². The number of halogens is 2. The van der Waals surface area contributed by atoms with Crippen LogP contribution in [0, 0.1) is 0 Å². The number of likely N-dealkylation sites (tertiary alicyclic amines) is 1. The fourth-order valence-corrected chi connectivity index (χ4v) is 4.28. The number of anilines is 1. The van der Waals surface area contributed by atoms with Crippen LogP contribution in [0.3, 0.4) is 0 Å². The van der Waals surface area contributed by atoms with E-state index in [1.54, 1.807) is 21.3 Å². The molecule has 182 valence electrons. The van der Waals surface area contributed by atoms with Crippen molar-refractivity contribution < 1.29 is 14.2 Å². The number of hydrogen-bond donors (Lipinski definition) is 1. The molecule has 0 aliphatic carbocycles. The van der Waals surface area contributed by atoms with Crippen LogP contribution in [0.15, 0.2) is 36.4 Å². The van der Waals surface area contributed by atoms with Gasteiger partial charge in [0.25, 0.3) is 0 Å². The van der Waals surface area contributed by atoms with Crippen LogP contribution in [-0.4, -0.2) is 55.4 Å². The zero-order valence-corrected chi connectivity index (χ0v) is 21.1. The molecule has 0 unspecified atom stereocenters.